The minimum absolute atomic E-state index is 0.0685. The molecule has 1 fully saturated rings. The van der Waals surface area contributed by atoms with Gasteiger partial charge in [-0.15, -0.1) is 0 Å². The largest absolute Gasteiger partial charge is 0.492 e. The molecule has 0 spiro atoms. The third kappa shape index (κ3) is 4.85. The number of nitrogens with one attached hydrogen (secondary N) is 1. The average molecular weight is 492 g/mol. The molecule has 182 valence electrons. The number of hydrogen-bond donors (Lipinski definition) is 3. The third-order valence-electron chi connectivity index (χ3n) is 6.01. The van der Waals surface area contributed by atoms with E-state index in [9.17, 15) is 27.5 Å². The first-order chi connectivity index (χ1) is 16.2. The normalized spacial score (nSPS) is 18.1. The summed E-state index contributed by atoms with van der Waals surface area (Å²) >= 11 is 0. The number of nitrogens with zero attached hydrogens (tertiary/aromatic N) is 2. The molecule has 0 bridgehead atoms. The van der Waals surface area contributed by atoms with Gasteiger partial charge in [-0.2, -0.15) is 0 Å². The summed E-state index contributed by atoms with van der Waals surface area (Å²) in [6.07, 6.45) is 1.59. The fraction of sp³-hybridized carbons (Fsp3) is 0.391. The van der Waals surface area contributed by atoms with Crippen LogP contribution in [0.4, 0.5) is 21.5 Å². The summed E-state index contributed by atoms with van der Waals surface area (Å²) in [6, 6.07) is 6.35. The number of carboxylic acids is 1. The lowest BCUT2D eigenvalue weighted by atomic mass is 10.00. The lowest BCUT2D eigenvalue weighted by molar-refractivity contribution is -0.116. The van der Waals surface area contributed by atoms with Gasteiger partial charge in [-0.05, 0) is 69.2 Å². The highest BCUT2D eigenvalue weighted by Gasteiger charge is 2.45. The summed E-state index contributed by atoms with van der Waals surface area (Å²) in [5, 5.41) is 12.5. The number of ether oxygens (including phenoxy) is 1. The number of carboxylic acid groups (broad SMARTS) is 1. The highest BCUT2D eigenvalue weighted by Crippen LogP contribution is 2.56. The fourth-order valence-corrected chi connectivity index (χ4v) is 4.98. The van der Waals surface area contributed by atoms with Crippen molar-refractivity contribution in [2.24, 2.45) is 5.92 Å². The van der Waals surface area contributed by atoms with Gasteiger partial charge in [-0.3, -0.25) is 4.79 Å². The van der Waals surface area contributed by atoms with Crippen molar-refractivity contribution >= 4 is 39.8 Å². The van der Waals surface area contributed by atoms with Crippen LogP contribution in [0, 0.1) is 11.7 Å². The number of hydrogen-bond acceptors (Lipinski definition) is 6. The molecule has 0 saturated heterocycles. The monoisotopic (exact) mass is 491 g/mol. The second kappa shape index (κ2) is 9.59. The van der Waals surface area contributed by atoms with Crippen LogP contribution in [0.15, 0.2) is 30.3 Å². The maximum absolute atomic E-state index is 14.1. The Hall–Kier alpha value is -3.18. The van der Waals surface area contributed by atoms with Crippen molar-refractivity contribution in [2.45, 2.75) is 25.2 Å². The highest BCUT2D eigenvalue weighted by atomic mass is 32.2. The first kappa shape index (κ1) is 24.0. The molecule has 1 heterocycles. The lowest BCUT2D eigenvalue weighted by Crippen LogP contribution is -2.23. The van der Waals surface area contributed by atoms with E-state index in [1.54, 1.807) is 6.07 Å². The zero-order valence-corrected chi connectivity index (χ0v) is 19.7. The van der Waals surface area contributed by atoms with Crippen molar-refractivity contribution in [1.29, 1.82) is 0 Å². The molecule has 2 N–H and O–H groups in total. The number of anilines is 3. The van der Waals surface area contributed by atoms with E-state index >= 15 is 0 Å². The highest BCUT2D eigenvalue weighted by molar-refractivity contribution is 7.74. The Balaban J connectivity index is 1.74. The molecule has 0 radical (unpaired) electrons. The topological polar surface area (TPSA) is 116 Å². The number of halogens is 1. The molecule has 2 atom stereocenters. The summed E-state index contributed by atoms with van der Waals surface area (Å²) in [7, 11) is 0.336. The average Bonchev–Trinajstić information content (AvgIpc) is 3.54. The molecular formula is C23H26FN3O6S. The van der Waals surface area contributed by atoms with Crippen molar-refractivity contribution in [3.05, 3.63) is 47.3 Å². The van der Waals surface area contributed by atoms with Gasteiger partial charge in [-0.25, -0.2) is 21.9 Å². The van der Waals surface area contributed by atoms with Gasteiger partial charge in [0.05, 0.1) is 23.7 Å². The van der Waals surface area contributed by atoms with Crippen molar-refractivity contribution < 1.29 is 32.2 Å². The Bertz CT molecular complexity index is 1210. The Labute approximate surface area is 198 Å². The van der Waals surface area contributed by atoms with Crippen LogP contribution in [0.1, 0.15) is 41.1 Å². The van der Waals surface area contributed by atoms with Crippen LogP contribution in [-0.2, 0) is 15.7 Å². The second-order valence-corrected chi connectivity index (χ2v) is 9.64. The molecule has 1 aliphatic carbocycles. The predicted molar refractivity (Wildman–Crippen MR) is 125 cm³/mol. The van der Waals surface area contributed by atoms with Crippen LogP contribution in [0.25, 0.3) is 0 Å². The zero-order valence-electron chi connectivity index (χ0n) is 18.8. The third-order valence-corrected chi connectivity index (χ3v) is 6.76. The van der Waals surface area contributed by atoms with Gasteiger partial charge in [0.25, 0.3) is 0 Å². The Morgan fingerprint density at radius 1 is 1.21 bits per heavy atom. The van der Waals surface area contributed by atoms with E-state index < -0.39 is 28.6 Å². The van der Waals surface area contributed by atoms with Crippen LogP contribution >= 0.6 is 0 Å². The van der Waals surface area contributed by atoms with Crippen molar-refractivity contribution in [3.63, 3.8) is 0 Å². The number of carbonyl (C=O) groups excluding carboxylic acids is 1. The molecule has 2 aromatic rings. The molecular weight excluding hydrogens is 465 g/mol. The Morgan fingerprint density at radius 2 is 1.94 bits per heavy atom. The molecule has 1 aliphatic heterocycles. The number of rotatable bonds is 9. The predicted octanol–water partition coefficient (Wildman–Crippen LogP) is 2.96. The van der Waals surface area contributed by atoms with Gasteiger partial charge in [0.1, 0.15) is 17.1 Å². The van der Waals surface area contributed by atoms with Crippen LogP contribution in [-0.4, -0.2) is 57.5 Å². The molecule has 0 aromatic heterocycles. The maximum Gasteiger partial charge on any atom is 0.341 e. The van der Waals surface area contributed by atoms with E-state index in [1.807, 2.05) is 19.0 Å². The van der Waals surface area contributed by atoms with E-state index in [4.69, 9.17) is 4.74 Å². The van der Waals surface area contributed by atoms with Gasteiger partial charge in [0, 0.05) is 12.3 Å². The number of amides is 1. The number of benzene rings is 2. The molecule has 2 unspecified atom stereocenters. The molecule has 2 aromatic carbocycles. The van der Waals surface area contributed by atoms with Gasteiger partial charge in [0.15, 0.2) is 0 Å². The van der Waals surface area contributed by atoms with Crippen molar-refractivity contribution in [2.75, 3.05) is 36.9 Å². The van der Waals surface area contributed by atoms with E-state index in [-0.39, 0.29) is 40.7 Å². The van der Waals surface area contributed by atoms with Crippen molar-refractivity contribution in [1.82, 2.24) is 4.90 Å². The first-order valence-electron chi connectivity index (χ1n) is 10.9. The maximum atomic E-state index is 14.1. The minimum atomic E-state index is -3.41. The summed E-state index contributed by atoms with van der Waals surface area (Å²) in [5.74, 6) is -1.74. The number of carbonyl (C=O) groups is 2. The van der Waals surface area contributed by atoms with Gasteiger partial charge < -0.3 is 20.1 Å². The standard InChI is InChI=1S/C23H26FN3O6S/c1-26(2)9-3-4-20(28)25-17-11-14(24)5-7-18(17)27(34(31)32)19-8-6-15-16-10-13(16)12-33-22(15)21(19)23(29)30/h5-8,11,13,16,34H,3-4,9-10,12H2,1-2H3,(H,25,28)(H,29,30). The smallest absolute Gasteiger partial charge is 0.341 e. The minimum Gasteiger partial charge on any atom is -0.492 e. The van der Waals surface area contributed by atoms with Crippen molar-refractivity contribution in [3.8, 4) is 5.75 Å². The van der Waals surface area contributed by atoms with E-state index in [0.717, 1.165) is 28.4 Å². The summed E-state index contributed by atoms with van der Waals surface area (Å²) < 4.78 is 45.4. The molecule has 1 saturated carbocycles. The summed E-state index contributed by atoms with van der Waals surface area (Å²) in [6.45, 7) is 1.04. The van der Waals surface area contributed by atoms with E-state index in [1.165, 1.54) is 12.1 Å². The van der Waals surface area contributed by atoms with E-state index in [2.05, 4.69) is 5.32 Å². The first-order valence-corrected chi connectivity index (χ1v) is 12.0. The molecule has 9 nitrogen and oxygen atoms in total. The zero-order chi connectivity index (χ0) is 24.6. The van der Waals surface area contributed by atoms with Crippen LogP contribution < -0.4 is 14.4 Å². The quantitative estimate of drug-likeness (QED) is 0.462. The van der Waals surface area contributed by atoms with Gasteiger partial charge in [0.2, 0.25) is 16.8 Å². The summed E-state index contributed by atoms with van der Waals surface area (Å²) in [5.41, 5.74) is 0.171. The Morgan fingerprint density at radius 3 is 2.62 bits per heavy atom. The van der Waals surface area contributed by atoms with Crippen LogP contribution in [0.5, 0.6) is 5.75 Å². The number of aromatic carboxylic acids is 1. The van der Waals surface area contributed by atoms with Crippen LogP contribution in [0.3, 0.4) is 0 Å². The molecule has 4 rings (SSSR count). The number of thiol groups is 1. The molecule has 1 amide bonds. The van der Waals surface area contributed by atoms with Gasteiger partial charge in [-0.1, -0.05) is 6.07 Å². The SMILES string of the molecule is CN(C)CCCC(=O)Nc1cc(F)ccc1N(c1ccc2c(c1C(=O)O)OCC1CC21)[SH](=O)=O. The Kier molecular flexibility index (Phi) is 6.76. The second-order valence-electron chi connectivity index (χ2n) is 8.76. The summed E-state index contributed by atoms with van der Waals surface area (Å²) in [4.78, 5) is 26.6. The number of fused-ring (bicyclic) bond motifs is 3. The van der Waals surface area contributed by atoms with Gasteiger partial charge >= 0.3 is 5.97 Å². The lowest BCUT2D eigenvalue weighted by Gasteiger charge is -2.26. The molecule has 34 heavy (non-hydrogen) atoms. The fourth-order valence-electron chi connectivity index (χ4n) is 4.29. The molecule has 2 aliphatic rings. The molecule has 11 heteroatoms. The van der Waals surface area contributed by atoms with E-state index in [0.29, 0.717) is 25.5 Å². The van der Waals surface area contributed by atoms with Crippen LogP contribution in [0.2, 0.25) is 0 Å².